The smallest absolute Gasteiger partial charge is 0.134 e. The lowest BCUT2D eigenvalue weighted by Gasteiger charge is -2.09. The first-order chi connectivity index (χ1) is 13.8. The molecule has 29 heavy (non-hydrogen) atoms. The fourth-order valence-electron chi connectivity index (χ4n) is 3.22. The lowest BCUT2D eigenvalue weighted by molar-refractivity contribution is 0.317. The van der Waals surface area contributed by atoms with Gasteiger partial charge in [-0.1, -0.05) is 67.6 Å². The molecular weight excluding hydrogens is 380 g/mol. The van der Waals surface area contributed by atoms with Crippen LogP contribution in [0.1, 0.15) is 30.3 Å². The topological polar surface area (TPSA) is 27.1 Å². The minimum absolute atomic E-state index is 0. The van der Waals surface area contributed by atoms with E-state index in [0.29, 0.717) is 0 Å². The van der Waals surface area contributed by atoms with Crippen LogP contribution in [0.3, 0.4) is 0 Å². The first-order valence-corrected chi connectivity index (χ1v) is 9.73. The maximum Gasteiger partial charge on any atom is 0.134 e. The molecule has 0 aliphatic rings. The van der Waals surface area contributed by atoms with Crippen LogP contribution >= 0.6 is 12.4 Å². The molecule has 4 rings (SSSR count). The number of para-hydroxylation sites is 2. The number of hydrogen-bond acceptors (Lipinski definition) is 2. The van der Waals surface area contributed by atoms with Crippen LogP contribution in [0.4, 0.5) is 0 Å². The van der Waals surface area contributed by atoms with Gasteiger partial charge >= 0.3 is 0 Å². The zero-order valence-corrected chi connectivity index (χ0v) is 17.3. The van der Waals surface area contributed by atoms with E-state index in [1.807, 2.05) is 36.4 Å². The molecule has 0 radical (unpaired) electrons. The molecule has 0 aliphatic heterocycles. The standard InChI is InChI=1S/C25H24N2O.ClH/c1-2-18-28-22-15-12-21(13-16-22)19-27-24-11-7-6-10-23(24)26-25(27)17-14-20-8-4-3-5-9-20;/h3-17H,2,18-19H2,1H3;1H. The molecule has 0 saturated carbocycles. The molecule has 1 aromatic heterocycles. The number of aromatic nitrogens is 2. The number of imidazole rings is 1. The van der Waals surface area contributed by atoms with E-state index < -0.39 is 0 Å². The summed E-state index contributed by atoms with van der Waals surface area (Å²) in [7, 11) is 0. The number of fused-ring (bicyclic) bond motifs is 1. The number of nitrogens with zero attached hydrogens (tertiary/aromatic N) is 2. The second-order valence-electron chi connectivity index (χ2n) is 6.78. The van der Waals surface area contributed by atoms with Crippen molar-refractivity contribution in [3.05, 3.63) is 95.8 Å². The Morgan fingerprint density at radius 3 is 2.34 bits per heavy atom. The van der Waals surface area contributed by atoms with E-state index >= 15 is 0 Å². The first kappa shape index (κ1) is 20.7. The maximum absolute atomic E-state index is 5.70. The van der Waals surface area contributed by atoms with Crippen LogP contribution in [-0.2, 0) is 6.54 Å². The molecule has 0 aliphatic carbocycles. The van der Waals surface area contributed by atoms with Crippen LogP contribution in [0.25, 0.3) is 23.2 Å². The second-order valence-corrected chi connectivity index (χ2v) is 6.78. The predicted octanol–water partition coefficient (Wildman–Crippen LogP) is 6.47. The van der Waals surface area contributed by atoms with Crippen LogP contribution in [0.15, 0.2) is 78.9 Å². The van der Waals surface area contributed by atoms with Crippen molar-refractivity contribution in [2.75, 3.05) is 6.61 Å². The third-order valence-electron chi connectivity index (χ3n) is 4.65. The third kappa shape index (κ3) is 5.07. The molecule has 3 aromatic carbocycles. The minimum Gasteiger partial charge on any atom is -0.494 e. The summed E-state index contributed by atoms with van der Waals surface area (Å²) in [5.41, 5.74) is 4.54. The van der Waals surface area contributed by atoms with Crippen molar-refractivity contribution in [2.24, 2.45) is 0 Å². The largest absolute Gasteiger partial charge is 0.494 e. The van der Waals surface area contributed by atoms with E-state index in [1.165, 1.54) is 11.1 Å². The summed E-state index contributed by atoms with van der Waals surface area (Å²) in [5, 5.41) is 0. The zero-order valence-electron chi connectivity index (χ0n) is 16.5. The van der Waals surface area contributed by atoms with Crippen molar-refractivity contribution < 1.29 is 4.74 Å². The summed E-state index contributed by atoms with van der Waals surface area (Å²) in [4.78, 5) is 4.83. The summed E-state index contributed by atoms with van der Waals surface area (Å²) in [6.45, 7) is 3.63. The van der Waals surface area contributed by atoms with Crippen molar-refractivity contribution in [1.82, 2.24) is 9.55 Å². The van der Waals surface area contributed by atoms with Gasteiger partial charge in [-0.25, -0.2) is 4.98 Å². The molecule has 148 valence electrons. The van der Waals surface area contributed by atoms with Crippen LogP contribution in [-0.4, -0.2) is 16.2 Å². The highest BCUT2D eigenvalue weighted by molar-refractivity contribution is 5.85. The van der Waals surface area contributed by atoms with E-state index in [-0.39, 0.29) is 12.4 Å². The number of ether oxygens (including phenoxy) is 1. The van der Waals surface area contributed by atoms with Gasteiger partial charge in [-0.15, -0.1) is 12.4 Å². The van der Waals surface area contributed by atoms with Crippen LogP contribution in [0, 0.1) is 0 Å². The summed E-state index contributed by atoms with van der Waals surface area (Å²) in [6.07, 6.45) is 5.22. The van der Waals surface area contributed by atoms with Crippen LogP contribution in [0.2, 0.25) is 0 Å². The number of rotatable bonds is 7. The normalized spacial score (nSPS) is 10.9. The Labute approximate surface area is 178 Å². The molecule has 0 N–H and O–H groups in total. The van der Waals surface area contributed by atoms with E-state index in [2.05, 4.69) is 66.1 Å². The lowest BCUT2D eigenvalue weighted by Crippen LogP contribution is -2.02. The van der Waals surface area contributed by atoms with Gasteiger partial charge in [0, 0.05) is 6.54 Å². The maximum atomic E-state index is 5.70. The molecule has 0 unspecified atom stereocenters. The highest BCUT2D eigenvalue weighted by atomic mass is 35.5. The van der Waals surface area contributed by atoms with Crippen molar-refractivity contribution in [3.63, 3.8) is 0 Å². The monoisotopic (exact) mass is 404 g/mol. The Hall–Kier alpha value is -3.04. The fraction of sp³-hybridized carbons (Fsp3) is 0.160. The molecule has 0 fully saturated rings. The molecule has 1 heterocycles. The van der Waals surface area contributed by atoms with Gasteiger partial charge in [0.15, 0.2) is 0 Å². The lowest BCUT2D eigenvalue weighted by atomic mass is 10.2. The predicted molar refractivity (Wildman–Crippen MR) is 124 cm³/mol. The molecule has 0 saturated heterocycles. The van der Waals surface area contributed by atoms with Crippen molar-refractivity contribution >= 4 is 35.6 Å². The highest BCUT2D eigenvalue weighted by Crippen LogP contribution is 2.21. The minimum atomic E-state index is 0. The van der Waals surface area contributed by atoms with Crippen LogP contribution in [0.5, 0.6) is 5.75 Å². The van der Waals surface area contributed by atoms with E-state index in [0.717, 1.165) is 42.2 Å². The molecule has 0 atom stereocenters. The Balaban J connectivity index is 0.00000240. The Kier molecular flexibility index (Phi) is 7.09. The average Bonchev–Trinajstić information content (AvgIpc) is 3.10. The quantitative estimate of drug-likeness (QED) is 0.353. The molecule has 0 bridgehead atoms. The van der Waals surface area contributed by atoms with Gasteiger partial charge in [0.25, 0.3) is 0 Å². The summed E-state index contributed by atoms with van der Waals surface area (Å²) in [5.74, 6) is 1.88. The van der Waals surface area contributed by atoms with Crippen molar-refractivity contribution in [1.29, 1.82) is 0 Å². The van der Waals surface area contributed by atoms with Crippen LogP contribution < -0.4 is 4.74 Å². The van der Waals surface area contributed by atoms with Gasteiger partial charge < -0.3 is 9.30 Å². The number of halogens is 1. The van der Waals surface area contributed by atoms with Crippen molar-refractivity contribution in [2.45, 2.75) is 19.9 Å². The van der Waals surface area contributed by atoms with Gasteiger partial charge in [-0.3, -0.25) is 0 Å². The molecular formula is C25H25ClN2O. The van der Waals surface area contributed by atoms with Gasteiger partial charge in [-0.05, 0) is 47.9 Å². The summed E-state index contributed by atoms with van der Waals surface area (Å²) < 4.78 is 7.96. The SMILES string of the molecule is CCCOc1ccc(Cn2c(C=Cc3ccccc3)nc3ccccc32)cc1.Cl. The van der Waals surface area contributed by atoms with Gasteiger partial charge in [0.2, 0.25) is 0 Å². The molecule has 3 nitrogen and oxygen atoms in total. The zero-order chi connectivity index (χ0) is 19.2. The van der Waals surface area contributed by atoms with E-state index in [1.54, 1.807) is 0 Å². The number of hydrogen-bond donors (Lipinski definition) is 0. The van der Waals surface area contributed by atoms with Crippen molar-refractivity contribution in [3.8, 4) is 5.75 Å². The molecule has 4 heteroatoms. The molecule has 0 amide bonds. The fourth-order valence-corrected chi connectivity index (χ4v) is 3.22. The van der Waals surface area contributed by atoms with Gasteiger partial charge in [-0.2, -0.15) is 0 Å². The highest BCUT2D eigenvalue weighted by Gasteiger charge is 2.09. The Morgan fingerprint density at radius 1 is 0.862 bits per heavy atom. The Morgan fingerprint density at radius 2 is 1.59 bits per heavy atom. The Bertz CT molecular complexity index is 1070. The first-order valence-electron chi connectivity index (χ1n) is 9.73. The van der Waals surface area contributed by atoms with E-state index in [9.17, 15) is 0 Å². The summed E-state index contributed by atoms with van der Waals surface area (Å²) in [6, 6.07) is 26.9. The van der Waals surface area contributed by atoms with E-state index in [4.69, 9.17) is 9.72 Å². The summed E-state index contributed by atoms with van der Waals surface area (Å²) >= 11 is 0. The van der Waals surface area contributed by atoms with Gasteiger partial charge in [0.05, 0.1) is 17.6 Å². The number of benzene rings is 3. The second kappa shape index (κ2) is 9.94. The third-order valence-corrected chi connectivity index (χ3v) is 4.65. The molecule has 0 spiro atoms. The molecule has 4 aromatic rings. The van der Waals surface area contributed by atoms with Gasteiger partial charge in [0.1, 0.15) is 11.6 Å². The average molecular weight is 405 g/mol.